The van der Waals surface area contributed by atoms with Crippen LogP contribution in [-0.2, 0) is 0 Å². The first-order valence-electron chi connectivity index (χ1n) is 3.91. The van der Waals surface area contributed by atoms with E-state index in [1.54, 1.807) is 25.1 Å². The number of nitrogens with two attached hydrogens (primary N) is 1. The minimum absolute atomic E-state index is 0.348. The molecule has 72 valence electrons. The predicted molar refractivity (Wildman–Crippen MR) is 55.1 cm³/mol. The number of hydrogen-bond acceptors (Lipinski definition) is 2. The molecular formula is C9H11Cl2NO. The Bertz CT molecular complexity index is 302. The van der Waals surface area contributed by atoms with Crippen molar-refractivity contribution in [2.75, 3.05) is 0 Å². The Balaban J connectivity index is 3.01. The summed E-state index contributed by atoms with van der Waals surface area (Å²) >= 11 is 11.6. The number of benzene rings is 1. The number of rotatable bonds is 2. The molecule has 0 bridgehead atoms. The van der Waals surface area contributed by atoms with Crippen LogP contribution >= 0.6 is 23.2 Å². The zero-order valence-electron chi connectivity index (χ0n) is 7.17. The van der Waals surface area contributed by atoms with Crippen molar-refractivity contribution in [1.82, 2.24) is 0 Å². The van der Waals surface area contributed by atoms with Crippen LogP contribution in [0.5, 0.6) is 0 Å². The topological polar surface area (TPSA) is 46.2 Å². The highest BCUT2D eigenvalue weighted by molar-refractivity contribution is 6.35. The molecule has 0 fully saturated rings. The van der Waals surface area contributed by atoms with Crippen LogP contribution in [0.3, 0.4) is 0 Å². The first-order valence-corrected chi connectivity index (χ1v) is 4.66. The van der Waals surface area contributed by atoms with Gasteiger partial charge in [-0.15, -0.1) is 0 Å². The summed E-state index contributed by atoms with van der Waals surface area (Å²) in [5, 5.41) is 10.6. The lowest BCUT2D eigenvalue weighted by Gasteiger charge is -2.16. The fraction of sp³-hybridized carbons (Fsp3) is 0.333. The molecule has 0 aliphatic carbocycles. The normalized spacial score (nSPS) is 15.5. The van der Waals surface area contributed by atoms with E-state index in [9.17, 15) is 5.11 Å². The van der Waals surface area contributed by atoms with Crippen LogP contribution in [0.2, 0.25) is 10.0 Å². The van der Waals surface area contributed by atoms with Gasteiger partial charge in [0, 0.05) is 21.7 Å². The fourth-order valence-corrected chi connectivity index (χ4v) is 1.54. The van der Waals surface area contributed by atoms with Crippen molar-refractivity contribution in [2.45, 2.75) is 19.1 Å². The van der Waals surface area contributed by atoms with Crippen LogP contribution in [0.15, 0.2) is 18.2 Å². The molecule has 0 aliphatic rings. The molecule has 0 aromatic heterocycles. The second-order valence-corrected chi connectivity index (χ2v) is 3.81. The largest absolute Gasteiger partial charge is 0.387 e. The van der Waals surface area contributed by atoms with E-state index >= 15 is 0 Å². The highest BCUT2D eigenvalue weighted by Crippen LogP contribution is 2.27. The van der Waals surface area contributed by atoms with Crippen molar-refractivity contribution in [3.8, 4) is 0 Å². The van der Waals surface area contributed by atoms with E-state index in [-0.39, 0.29) is 6.04 Å². The van der Waals surface area contributed by atoms with Gasteiger partial charge in [-0.1, -0.05) is 29.3 Å². The van der Waals surface area contributed by atoms with E-state index in [1.807, 2.05) is 0 Å². The molecule has 1 aromatic carbocycles. The Morgan fingerprint density at radius 1 is 1.38 bits per heavy atom. The Labute approximate surface area is 87.3 Å². The summed E-state index contributed by atoms with van der Waals surface area (Å²) in [6.07, 6.45) is -0.746. The van der Waals surface area contributed by atoms with Gasteiger partial charge in [0.1, 0.15) is 0 Å². The quantitative estimate of drug-likeness (QED) is 0.803. The van der Waals surface area contributed by atoms with E-state index in [1.165, 1.54) is 0 Å². The SMILES string of the molecule is C[C@H](N)[C@@H](O)c1ccc(Cl)cc1Cl. The molecule has 4 heteroatoms. The molecule has 13 heavy (non-hydrogen) atoms. The Hall–Kier alpha value is -0.280. The van der Waals surface area contributed by atoms with Gasteiger partial charge in [0.05, 0.1) is 6.10 Å². The zero-order valence-corrected chi connectivity index (χ0v) is 8.68. The average Bonchev–Trinajstić information content (AvgIpc) is 2.03. The van der Waals surface area contributed by atoms with Gasteiger partial charge >= 0.3 is 0 Å². The van der Waals surface area contributed by atoms with Crippen LogP contribution in [0.25, 0.3) is 0 Å². The average molecular weight is 220 g/mol. The maximum Gasteiger partial charge on any atom is 0.0952 e. The minimum Gasteiger partial charge on any atom is -0.387 e. The summed E-state index contributed by atoms with van der Waals surface area (Å²) in [5.41, 5.74) is 6.15. The second-order valence-electron chi connectivity index (χ2n) is 2.97. The molecule has 1 aromatic rings. The summed E-state index contributed by atoms with van der Waals surface area (Å²) in [6, 6.07) is 4.59. The van der Waals surface area contributed by atoms with Gasteiger partial charge < -0.3 is 10.8 Å². The smallest absolute Gasteiger partial charge is 0.0952 e. The van der Waals surface area contributed by atoms with Crippen LogP contribution in [0.1, 0.15) is 18.6 Å². The molecule has 2 nitrogen and oxygen atoms in total. The van der Waals surface area contributed by atoms with Crippen LogP contribution in [-0.4, -0.2) is 11.1 Å². The summed E-state index contributed by atoms with van der Waals surface area (Å²) in [5.74, 6) is 0. The molecule has 0 heterocycles. The second kappa shape index (κ2) is 4.29. The van der Waals surface area contributed by atoms with Crippen molar-refractivity contribution in [3.05, 3.63) is 33.8 Å². The van der Waals surface area contributed by atoms with Gasteiger partial charge in [0.15, 0.2) is 0 Å². The van der Waals surface area contributed by atoms with Crippen molar-refractivity contribution >= 4 is 23.2 Å². The van der Waals surface area contributed by atoms with Crippen LogP contribution in [0, 0.1) is 0 Å². The third-order valence-corrected chi connectivity index (χ3v) is 2.34. The third kappa shape index (κ3) is 2.58. The fourth-order valence-electron chi connectivity index (χ4n) is 1.02. The number of aliphatic hydroxyl groups excluding tert-OH is 1. The molecule has 0 unspecified atom stereocenters. The molecule has 0 amide bonds. The highest BCUT2D eigenvalue weighted by atomic mass is 35.5. The van der Waals surface area contributed by atoms with Gasteiger partial charge in [-0.25, -0.2) is 0 Å². The maximum absolute atomic E-state index is 9.62. The monoisotopic (exact) mass is 219 g/mol. The minimum atomic E-state index is -0.746. The van der Waals surface area contributed by atoms with E-state index in [0.29, 0.717) is 15.6 Å². The van der Waals surface area contributed by atoms with Gasteiger partial charge in [0.25, 0.3) is 0 Å². The molecule has 0 radical (unpaired) electrons. The molecule has 0 saturated heterocycles. The Morgan fingerprint density at radius 2 is 2.00 bits per heavy atom. The van der Waals surface area contributed by atoms with Gasteiger partial charge in [-0.3, -0.25) is 0 Å². The Morgan fingerprint density at radius 3 is 2.46 bits per heavy atom. The lowest BCUT2D eigenvalue weighted by Crippen LogP contribution is -2.24. The maximum atomic E-state index is 9.62. The molecule has 0 saturated carbocycles. The summed E-state index contributed by atoms with van der Waals surface area (Å²) in [6.45, 7) is 1.72. The third-order valence-electron chi connectivity index (χ3n) is 1.78. The molecule has 0 aliphatic heterocycles. The van der Waals surface area contributed by atoms with Crippen molar-refractivity contribution in [1.29, 1.82) is 0 Å². The van der Waals surface area contributed by atoms with E-state index in [4.69, 9.17) is 28.9 Å². The molecule has 2 atom stereocenters. The van der Waals surface area contributed by atoms with Crippen LogP contribution < -0.4 is 5.73 Å². The van der Waals surface area contributed by atoms with Gasteiger partial charge in [0.2, 0.25) is 0 Å². The van der Waals surface area contributed by atoms with Gasteiger partial charge in [-0.2, -0.15) is 0 Å². The lowest BCUT2D eigenvalue weighted by molar-refractivity contribution is 0.153. The number of hydrogen-bond donors (Lipinski definition) is 2. The molecule has 3 N–H and O–H groups in total. The number of halogens is 2. The highest BCUT2D eigenvalue weighted by Gasteiger charge is 2.15. The zero-order chi connectivity index (χ0) is 10.0. The van der Waals surface area contributed by atoms with E-state index < -0.39 is 6.10 Å². The first-order chi connectivity index (χ1) is 6.02. The summed E-state index contributed by atoms with van der Waals surface area (Å²) in [4.78, 5) is 0. The molecule has 0 spiro atoms. The van der Waals surface area contributed by atoms with Crippen molar-refractivity contribution in [3.63, 3.8) is 0 Å². The van der Waals surface area contributed by atoms with Crippen molar-refractivity contribution < 1.29 is 5.11 Å². The van der Waals surface area contributed by atoms with Crippen LogP contribution in [0.4, 0.5) is 0 Å². The lowest BCUT2D eigenvalue weighted by atomic mass is 10.0. The van der Waals surface area contributed by atoms with E-state index in [0.717, 1.165) is 0 Å². The standard InChI is InChI=1S/C9H11Cl2NO/c1-5(12)9(13)7-3-2-6(10)4-8(7)11/h2-5,9,13H,12H2,1H3/t5-,9+/m0/s1. The van der Waals surface area contributed by atoms with E-state index in [2.05, 4.69) is 0 Å². The summed E-state index contributed by atoms with van der Waals surface area (Å²) in [7, 11) is 0. The molecule has 1 rings (SSSR count). The molecular weight excluding hydrogens is 209 g/mol. The number of aliphatic hydroxyl groups is 1. The predicted octanol–water partition coefficient (Wildman–Crippen LogP) is 2.37. The first kappa shape index (κ1) is 10.8. The summed E-state index contributed by atoms with van der Waals surface area (Å²) < 4.78 is 0. The van der Waals surface area contributed by atoms with Gasteiger partial charge in [-0.05, 0) is 19.1 Å². The van der Waals surface area contributed by atoms with Crippen molar-refractivity contribution in [2.24, 2.45) is 5.73 Å². The Kier molecular flexibility index (Phi) is 3.56.